The van der Waals surface area contributed by atoms with Crippen LogP contribution >= 0.6 is 0 Å². The van der Waals surface area contributed by atoms with Crippen LogP contribution in [0, 0.1) is 6.92 Å². The number of carbonyl (C=O) groups is 1. The van der Waals surface area contributed by atoms with E-state index < -0.39 is 0 Å². The first kappa shape index (κ1) is 21.7. The number of carbonyl (C=O) groups excluding carboxylic acids is 1. The molecule has 1 aliphatic rings. The number of hydrogen-bond donors (Lipinski definition) is 1. The number of nitrogens with zero attached hydrogens (tertiary/aromatic N) is 7. The molecule has 4 aromatic rings. The Morgan fingerprint density at radius 1 is 1.06 bits per heavy atom. The minimum absolute atomic E-state index is 0.128. The van der Waals surface area contributed by atoms with Crippen molar-refractivity contribution in [1.82, 2.24) is 33.8 Å². The zero-order chi connectivity index (χ0) is 23.7. The molecule has 3 aromatic heterocycles. The average Bonchev–Trinajstić information content (AvgIpc) is 3.50. The van der Waals surface area contributed by atoms with Crippen molar-refractivity contribution in [3.8, 4) is 16.8 Å². The summed E-state index contributed by atoms with van der Waals surface area (Å²) in [6.45, 7) is 5.13. The van der Waals surface area contributed by atoms with Crippen LogP contribution in [0.5, 0.6) is 0 Å². The number of benzene rings is 1. The van der Waals surface area contributed by atoms with Crippen molar-refractivity contribution < 1.29 is 4.79 Å². The molecule has 1 fully saturated rings. The molecule has 1 saturated heterocycles. The first-order chi connectivity index (χ1) is 16.5. The molecule has 1 aromatic carbocycles. The summed E-state index contributed by atoms with van der Waals surface area (Å²) in [5.41, 5.74) is 10.8. The number of likely N-dealkylation sites (tertiary alicyclic amines) is 1. The van der Waals surface area contributed by atoms with Gasteiger partial charge in [-0.25, -0.2) is 9.67 Å². The number of nitrogen functional groups attached to an aromatic ring is 1. The molecule has 0 unspecified atom stereocenters. The summed E-state index contributed by atoms with van der Waals surface area (Å²) in [7, 11) is 0. The molecule has 0 spiro atoms. The van der Waals surface area contributed by atoms with Crippen LogP contribution in [0.25, 0.3) is 22.5 Å². The van der Waals surface area contributed by atoms with Gasteiger partial charge in [0, 0.05) is 49.6 Å². The van der Waals surface area contributed by atoms with Crippen LogP contribution in [0.4, 0.5) is 5.82 Å². The predicted octanol–water partition coefficient (Wildman–Crippen LogP) is 3.58. The van der Waals surface area contributed by atoms with Crippen molar-refractivity contribution in [3.05, 3.63) is 73.1 Å². The molecule has 34 heavy (non-hydrogen) atoms. The molecule has 1 aliphatic heterocycles. The van der Waals surface area contributed by atoms with Gasteiger partial charge in [-0.15, -0.1) is 0 Å². The van der Waals surface area contributed by atoms with E-state index in [0.29, 0.717) is 11.5 Å². The van der Waals surface area contributed by atoms with E-state index in [-0.39, 0.29) is 11.9 Å². The third kappa shape index (κ3) is 4.24. The second-order valence-corrected chi connectivity index (χ2v) is 8.67. The Morgan fingerprint density at radius 3 is 2.56 bits per heavy atom. The minimum Gasteiger partial charge on any atom is -0.384 e. The first-order valence-corrected chi connectivity index (χ1v) is 11.4. The topological polar surface area (TPSA) is 99.3 Å². The summed E-state index contributed by atoms with van der Waals surface area (Å²) in [4.78, 5) is 18.5. The number of hydrogen-bond acceptors (Lipinski definition) is 5. The van der Waals surface area contributed by atoms with E-state index in [1.54, 1.807) is 17.6 Å². The lowest BCUT2D eigenvalue weighted by Crippen LogP contribution is -2.37. The van der Waals surface area contributed by atoms with Crippen molar-refractivity contribution in [1.29, 1.82) is 0 Å². The number of rotatable bonds is 3. The average molecular weight is 457 g/mol. The molecule has 2 N–H and O–H groups in total. The monoisotopic (exact) mass is 456 g/mol. The summed E-state index contributed by atoms with van der Waals surface area (Å²) < 4.78 is 5.62. The molecule has 0 radical (unpaired) electrons. The number of amides is 1. The molecule has 0 aliphatic carbocycles. The second-order valence-electron chi connectivity index (χ2n) is 8.67. The van der Waals surface area contributed by atoms with Crippen molar-refractivity contribution in [2.75, 3.05) is 18.8 Å². The maximum atomic E-state index is 11.7. The molecule has 0 saturated carbocycles. The highest BCUT2D eigenvalue weighted by molar-refractivity contribution is 5.76. The number of nitrogens with two attached hydrogens (primary N) is 1. The molecule has 0 atom stereocenters. The Morgan fingerprint density at radius 2 is 1.82 bits per heavy atom. The van der Waals surface area contributed by atoms with Crippen LogP contribution in [0.15, 0.2) is 67.5 Å². The van der Waals surface area contributed by atoms with Gasteiger partial charge in [-0.1, -0.05) is 18.2 Å². The van der Waals surface area contributed by atoms with Gasteiger partial charge in [0.1, 0.15) is 5.82 Å². The van der Waals surface area contributed by atoms with Crippen LogP contribution < -0.4 is 5.73 Å². The fourth-order valence-electron chi connectivity index (χ4n) is 4.44. The van der Waals surface area contributed by atoms with Crippen LogP contribution in [-0.4, -0.2) is 52.8 Å². The third-order valence-corrected chi connectivity index (χ3v) is 6.28. The number of aryl methyl sites for hydroxylation is 1. The zero-order valence-electron chi connectivity index (χ0n) is 19.4. The normalized spacial score (nSPS) is 14.4. The molecule has 0 bridgehead atoms. The lowest BCUT2D eigenvalue weighted by atomic mass is 10.0. The Balaban J connectivity index is 1.57. The SMILES string of the molecule is CC(=O)N1CCC(n2cnc3c(-c4cnn(-c5ccccc5)c4)cnn3c(N)cc(C)c2)CC1. The molecular weight excluding hydrogens is 428 g/mol. The van der Waals surface area contributed by atoms with Gasteiger partial charge >= 0.3 is 0 Å². The minimum atomic E-state index is 0.128. The first-order valence-electron chi connectivity index (χ1n) is 11.4. The highest BCUT2D eigenvalue weighted by Gasteiger charge is 2.21. The Hall–Kier alpha value is -4.14. The lowest BCUT2D eigenvalue weighted by Gasteiger charge is -2.32. The molecule has 4 heterocycles. The van der Waals surface area contributed by atoms with Crippen molar-refractivity contribution in [2.45, 2.75) is 32.7 Å². The molecule has 9 heteroatoms. The second kappa shape index (κ2) is 9.01. The Kier molecular flexibility index (Phi) is 5.75. The molecule has 174 valence electrons. The molecule has 5 rings (SSSR count). The fourth-order valence-corrected chi connectivity index (χ4v) is 4.44. The number of para-hydroxylation sites is 1. The predicted molar refractivity (Wildman–Crippen MR) is 131 cm³/mol. The van der Waals surface area contributed by atoms with Gasteiger partial charge in [-0.3, -0.25) is 4.79 Å². The number of anilines is 1. The highest BCUT2D eigenvalue weighted by Crippen LogP contribution is 2.26. The van der Waals surface area contributed by atoms with Crippen molar-refractivity contribution in [3.63, 3.8) is 0 Å². The summed E-state index contributed by atoms with van der Waals surface area (Å²) in [6, 6.07) is 12.1. The number of fused-ring (bicyclic) bond motifs is 1. The van der Waals surface area contributed by atoms with Gasteiger partial charge < -0.3 is 15.2 Å². The van der Waals surface area contributed by atoms with Gasteiger partial charge in [0.25, 0.3) is 0 Å². The van der Waals surface area contributed by atoms with Crippen LogP contribution in [0.3, 0.4) is 0 Å². The molecule has 9 nitrogen and oxygen atoms in total. The summed E-state index contributed by atoms with van der Waals surface area (Å²) in [5.74, 6) is 0.624. The standard InChI is InChI=1S/C25H28N8O/c1-18-12-24(26)33-25(27-17-31(15-18)21-8-10-30(11-9-21)19(2)34)23(14-29-33)20-13-28-32(16-20)22-6-4-3-5-7-22/h3-7,12-17,21H,8-11,26H2,1-2H3. The van der Waals surface area contributed by atoms with Crippen LogP contribution in [0.1, 0.15) is 31.4 Å². The van der Waals surface area contributed by atoms with Crippen molar-refractivity contribution in [2.24, 2.45) is 0 Å². The molecule has 1 amide bonds. The maximum Gasteiger partial charge on any atom is 0.219 e. The van der Waals surface area contributed by atoms with E-state index in [2.05, 4.69) is 21.0 Å². The maximum absolute atomic E-state index is 11.7. The van der Waals surface area contributed by atoms with E-state index in [1.807, 2.05) is 71.6 Å². The van der Waals surface area contributed by atoms with Crippen LogP contribution in [-0.2, 0) is 4.79 Å². The number of aromatic nitrogens is 6. The van der Waals surface area contributed by atoms with E-state index in [1.165, 1.54) is 0 Å². The van der Waals surface area contributed by atoms with Gasteiger partial charge in [0.15, 0.2) is 5.65 Å². The molecular formula is C25H28N8O. The van der Waals surface area contributed by atoms with Gasteiger partial charge in [0.2, 0.25) is 5.91 Å². The van der Waals surface area contributed by atoms with E-state index in [0.717, 1.165) is 48.3 Å². The zero-order valence-corrected chi connectivity index (χ0v) is 19.4. The number of piperidine rings is 1. The third-order valence-electron chi connectivity index (χ3n) is 6.28. The quantitative estimate of drug-likeness (QED) is 0.508. The van der Waals surface area contributed by atoms with Gasteiger partial charge in [-0.05, 0) is 43.5 Å². The fraction of sp³-hybridized carbons (Fsp3) is 0.280. The van der Waals surface area contributed by atoms with E-state index in [9.17, 15) is 4.79 Å². The Labute approximate surface area is 197 Å². The lowest BCUT2D eigenvalue weighted by molar-refractivity contribution is -0.130. The summed E-state index contributed by atoms with van der Waals surface area (Å²) in [5, 5.41) is 9.05. The highest BCUT2D eigenvalue weighted by atomic mass is 16.2. The van der Waals surface area contributed by atoms with E-state index >= 15 is 0 Å². The van der Waals surface area contributed by atoms with Crippen molar-refractivity contribution >= 4 is 17.4 Å². The van der Waals surface area contributed by atoms with Gasteiger partial charge in [0.05, 0.1) is 24.4 Å². The summed E-state index contributed by atoms with van der Waals surface area (Å²) >= 11 is 0. The largest absolute Gasteiger partial charge is 0.384 e. The van der Waals surface area contributed by atoms with Crippen LogP contribution in [0.2, 0.25) is 0 Å². The summed E-state index contributed by atoms with van der Waals surface area (Å²) in [6.07, 6.45) is 11.2. The Bertz CT molecular complexity index is 1370. The smallest absolute Gasteiger partial charge is 0.219 e. The van der Waals surface area contributed by atoms with Gasteiger partial charge in [-0.2, -0.15) is 14.7 Å². The van der Waals surface area contributed by atoms with E-state index in [4.69, 9.17) is 10.7 Å².